The monoisotopic (exact) mass is 242 g/mol. The normalized spacial score (nSPS) is 24.1. The Morgan fingerprint density at radius 3 is 2.83 bits per heavy atom. The molecule has 1 fully saturated rings. The minimum atomic E-state index is 0.108. The molecular formula is C15H18N2O. The van der Waals surface area contributed by atoms with E-state index in [9.17, 15) is 0 Å². The van der Waals surface area contributed by atoms with Crippen molar-refractivity contribution >= 4 is 10.8 Å². The van der Waals surface area contributed by atoms with E-state index in [4.69, 9.17) is 10.5 Å². The lowest BCUT2D eigenvalue weighted by Crippen LogP contribution is -2.41. The highest BCUT2D eigenvalue weighted by Crippen LogP contribution is 2.27. The number of pyridine rings is 1. The van der Waals surface area contributed by atoms with Gasteiger partial charge in [0.1, 0.15) is 6.10 Å². The van der Waals surface area contributed by atoms with Crippen molar-refractivity contribution in [3.05, 3.63) is 36.5 Å². The number of nitrogens with zero attached hydrogens (tertiary/aromatic N) is 1. The number of benzene rings is 1. The zero-order chi connectivity index (χ0) is 12.4. The lowest BCUT2D eigenvalue weighted by molar-refractivity contribution is 0.129. The van der Waals surface area contributed by atoms with Crippen LogP contribution in [0.3, 0.4) is 0 Å². The van der Waals surface area contributed by atoms with Crippen molar-refractivity contribution in [3.8, 4) is 5.88 Å². The quantitative estimate of drug-likeness (QED) is 0.880. The van der Waals surface area contributed by atoms with Crippen molar-refractivity contribution in [3.63, 3.8) is 0 Å². The van der Waals surface area contributed by atoms with Gasteiger partial charge in [0.15, 0.2) is 0 Å². The van der Waals surface area contributed by atoms with E-state index in [0.29, 0.717) is 0 Å². The molecule has 2 atom stereocenters. The topological polar surface area (TPSA) is 48.1 Å². The minimum Gasteiger partial charge on any atom is -0.472 e. The summed E-state index contributed by atoms with van der Waals surface area (Å²) >= 11 is 0. The van der Waals surface area contributed by atoms with Gasteiger partial charge >= 0.3 is 0 Å². The number of fused-ring (bicyclic) bond motifs is 1. The van der Waals surface area contributed by atoms with Gasteiger partial charge in [-0.15, -0.1) is 0 Å². The van der Waals surface area contributed by atoms with Gasteiger partial charge in [0.25, 0.3) is 0 Å². The Labute approximate surface area is 107 Å². The SMILES string of the molecule is NC1CCCCC1Oc1nccc2ccccc12. The Balaban J connectivity index is 1.90. The zero-order valence-corrected chi connectivity index (χ0v) is 10.4. The largest absolute Gasteiger partial charge is 0.472 e. The molecule has 0 aliphatic heterocycles. The highest BCUT2D eigenvalue weighted by Gasteiger charge is 2.24. The van der Waals surface area contributed by atoms with Crippen molar-refractivity contribution in [2.75, 3.05) is 0 Å². The first-order chi connectivity index (χ1) is 8.84. The van der Waals surface area contributed by atoms with Crippen LogP contribution in [0.2, 0.25) is 0 Å². The summed E-state index contributed by atoms with van der Waals surface area (Å²) in [6.45, 7) is 0. The van der Waals surface area contributed by atoms with Gasteiger partial charge in [-0.3, -0.25) is 0 Å². The van der Waals surface area contributed by atoms with Gasteiger partial charge in [-0.2, -0.15) is 0 Å². The standard InChI is InChI=1S/C15H18N2O/c16-13-7-3-4-8-14(13)18-15-12-6-2-1-5-11(12)9-10-17-15/h1-2,5-6,9-10,13-14H,3-4,7-8,16H2. The molecule has 0 amide bonds. The number of rotatable bonds is 2. The average Bonchev–Trinajstić information content (AvgIpc) is 2.42. The summed E-state index contributed by atoms with van der Waals surface area (Å²) in [7, 11) is 0. The fraction of sp³-hybridized carbons (Fsp3) is 0.400. The van der Waals surface area contributed by atoms with Crippen LogP contribution >= 0.6 is 0 Å². The summed E-state index contributed by atoms with van der Waals surface area (Å²) in [5, 5.41) is 2.23. The van der Waals surface area contributed by atoms with E-state index in [1.54, 1.807) is 6.20 Å². The van der Waals surface area contributed by atoms with Gasteiger partial charge < -0.3 is 10.5 Å². The highest BCUT2D eigenvalue weighted by molar-refractivity contribution is 5.86. The maximum atomic E-state index is 6.12. The van der Waals surface area contributed by atoms with Crippen molar-refractivity contribution in [2.24, 2.45) is 5.73 Å². The average molecular weight is 242 g/mol. The molecule has 94 valence electrons. The van der Waals surface area contributed by atoms with Crippen LogP contribution in [-0.2, 0) is 0 Å². The molecule has 1 saturated carbocycles. The predicted molar refractivity (Wildman–Crippen MR) is 72.6 cm³/mol. The van der Waals surface area contributed by atoms with Crippen LogP contribution in [-0.4, -0.2) is 17.1 Å². The molecule has 1 aliphatic carbocycles. The fourth-order valence-corrected chi connectivity index (χ4v) is 2.60. The number of aromatic nitrogens is 1. The lowest BCUT2D eigenvalue weighted by Gasteiger charge is -2.28. The Hall–Kier alpha value is -1.61. The summed E-state index contributed by atoms with van der Waals surface area (Å²) in [6.07, 6.45) is 6.40. The maximum absolute atomic E-state index is 6.12. The van der Waals surface area contributed by atoms with E-state index >= 15 is 0 Å². The molecule has 1 aromatic carbocycles. The first-order valence-electron chi connectivity index (χ1n) is 6.60. The molecule has 2 aromatic rings. The Bertz CT molecular complexity index is 536. The molecule has 2 unspecified atom stereocenters. The first-order valence-corrected chi connectivity index (χ1v) is 6.60. The summed E-state index contributed by atoms with van der Waals surface area (Å²) in [4.78, 5) is 4.36. The van der Waals surface area contributed by atoms with Crippen molar-refractivity contribution in [2.45, 2.75) is 37.8 Å². The maximum Gasteiger partial charge on any atom is 0.221 e. The summed E-state index contributed by atoms with van der Waals surface area (Å²) in [5.41, 5.74) is 6.12. The van der Waals surface area contributed by atoms with E-state index in [0.717, 1.165) is 29.5 Å². The number of ether oxygens (including phenoxy) is 1. The number of nitrogens with two attached hydrogens (primary N) is 1. The van der Waals surface area contributed by atoms with Gasteiger partial charge in [-0.1, -0.05) is 24.6 Å². The fourth-order valence-electron chi connectivity index (χ4n) is 2.60. The van der Waals surface area contributed by atoms with Crippen molar-refractivity contribution < 1.29 is 4.74 Å². The van der Waals surface area contributed by atoms with Crippen LogP contribution in [0.25, 0.3) is 10.8 Å². The van der Waals surface area contributed by atoms with Crippen molar-refractivity contribution in [1.82, 2.24) is 4.98 Å². The Morgan fingerprint density at radius 2 is 1.94 bits per heavy atom. The van der Waals surface area contributed by atoms with E-state index < -0.39 is 0 Å². The molecule has 2 N–H and O–H groups in total. The van der Waals surface area contributed by atoms with Crippen molar-refractivity contribution in [1.29, 1.82) is 0 Å². The molecule has 3 nitrogen and oxygen atoms in total. The number of hydrogen-bond acceptors (Lipinski definition) is 3. The second-order valence-electron chi connectivity index (χ2n) is 4.94. The van der Waals surface area contributed by atoms with Crippen LogP contribution in [0, 0.1) is 0 Å². The Kier molecular flexibility index (Phi) is 3.15. The first kappa shape index (κ1) is 11.5. The molecule has 18 heavy (non-hydrogen) atoms. The second kappa shape index (κ2) is 4.94. The molecule has 1 aromatic heterocycles. The molecule has 0 saturated heterocycles. The summed E-state index contributed by atoms with van der Waals surface area (Å²) in [5.74, 6) is 0.718. The molecule has 3 heteroatoms. The lowest BCUT2D eigenvalue weighted by atomic mass is 9.93. The van der Waals surface area contributed by atoms with Gasteiger partial charge in [-0.05, 0) is 36.8 Å². The molecule has 3 rings (SSSR count). The molecule has 0 radical (unpaired) electrons. The molecule has 1 aliphatic rings. The van der Waals surface area contributed by atoms with Crippen LogP contribution < -0.4 is 10.5 Å². The molecule has 1 heterocycles. The third-order valence-electron chi connectivity index (χ3n) is 3.65. The van der Waals surface area contributed by atoms with E-state index in [-0.39, 0.29) is 12.1 Å². The van der Waals surface area contributed by atoms with Crippen LogP contribution in [0.5, 0.6) is 5.88 Å². The summed E-state index contributed by atoms with van der Waals surface area (Å²) in [6, 6.07) is 10.3. The van der Waals surface area contributed by atoms with E-state index in [2.05, 4.69) is 11.1 Å². The molecule has 0 bridgehead atoms. The Morgan fingerprint density at radius 1 is 1.11 bits per heavy atom. The van der Waals surface area contributed by atoms with Gasteiger partial charge in [-0.25, -0.2) is 4.98 Å². The predicted octanol–water partition coefficient (Wildman–Crippen LogP) is 2.88. The zero-order valence-electron chi connectivity index (χ0n) is 10.4. The third-order valence-corrected chi connectivity index (χ3v) is 3.65. The minimum absolute atomic E-state index is 0.108. The number of hydrogen-bond donors (Lipinski definition) is 1. The smallest absolute Gasteiger partial charge is 0.221 e. The van der Waals surface area contributed by atoms with Gasteiger partial charge in [0.05, 0.1) is 0 Å². The molecule has 0 spiro atoms. The van der Waals surface area contributed by atoms with E-state index in [1.165, 1.54) is 12.8 Å². The summed E-state index contributed by atoms with van der Waals surface area (Å²) < 4.78 is 6.04. The molecular weight excluding hydrogens is 224 g/mol. The second-order valence-corrected chi connectivity index (χ2v) is 4.94. The van der Waals surface area contributed by atoms with E-state index in [1.807, 2.05) is 24.3 Å². The van der Waals surface area contributed by atoms with Crippen LogP contribution in [0.4, 0.5) is 0 Å². The van der Waals surface area contributed by atoms with Gasteiger partial charge in [0, 0.05) is 17.6 Å². The van der Waals surface area contributed by atoms with Gasteiger partial charge in [0.2, 0.25) is 5.88 Å². The van der Waals surface area contributed by atoms with Crippen LogP contribution in [0.1, 0.15) is 25.7 Å². The highest BCUT2D eigenvalue weighted by atomic mass is 16.5. The van der Waals surface area contributed by atoms with Crippen LogP contribution in [0.15, 0.2) is 36.5 Å². The third kappa shape index (κ3) is 2.18.